The van der Waals surface area contributed by atoms with Gasteiger partial charge in [0.2, 0.25) is 0 Å². The smallest absolute Gasteiger partial charge is 0.268 e. The summed E-state index contributed by atoms with van der Waals surface area (Å²) in [6.07, 6.45) is 11.6. The molecule has 1 aromatic carbocycles. The molecule has 0 unspecified atom stereocenters. The van der Waals surface area contributed by atoms with Crippen molar-refractivity contribution in [3.8, 4) is 5.97 Å². The fourth-order valence-corrected chi connectivity index (χ4v) is 5.12. The summed E-state index contributed by atoms with van der Waals surface area (Å²) in [7, 11) is 2.11. The summed E-state index contributed by atoms with van der Waals surface area (Å²) >= 11 is 0. The fourth-order valence-electron chi connectivity index (χ4n) is 5.12. The van der Waals surface area contributed by atoms with Crippen molar-refractivity contribution in [1.29, 1.82) is 5.26 Å². The van der Waals surface area contributed by atoms with Gasteiger partial charge in [-0.3, -0.25) is 4.79 Å². The first-order valence-corrected chi connectivity index (χ1v) is 11.1. The maximum atomic E-state index is 11.6. The lowest BCUT2D eigenvalue weighted by Gasteiger charge is -2.35. The van der Waals surface area contributed by atoms with Crippen LogP contribution in [0.2, 0.25) is 25.3 Å². The Labute approximate surface area is 177 Å². The van der Waals surface area contributed by atoms with Crippen molar-refractivity contribution >= 4 is 31.3 Å². The van der Waals surface area contributed by atoms with E-state index in [4.69, 9.17) is 5.26 Å². The fraction of sp³-hybridized carbons (Fsp3) is 0.583. The molecule has 1 aromatic rings. The van der Waals surface area contributed by atoms with Gasteiger partial charge in [0.15, 0.2) is 13.0 Å². The normalized spacial score (nSPS) is 21.4. The minimum Gasteiger partial charge on any atom is -0.377 e. The van der Waals surface area contributed by atoms with Gasteiger partial charge in [0, 0.05) is 24.6 Å². The molecule has 0 amide bonds. The van der Waals surface area contributed by atoms with Crippen LogP contribution in [0.3, 0.4) is 0 Å². The molecule has 0 saturated carbocycles. The highest BCUT2D eigenvalue weighted by Crippen LogP contribution is 2.52. The summed E-state index contributed by atoms with van der Waals surface area (Å²) in [5.74, 6) is 2.41. The minimum absolute atomic E-state index is 0.224. The van der Waals surface area contributed by atoms with Crippen molar-refractivity contribution in [3.63, 3.8) is 0 Å². The van der Waals surface area contributed by atoms with E-state index >= 15 is 0 Å². The van der Waals surface area contributed by atoms with Crippen LogP contribution in [0.5, 0.6) is 0 Å². The SMILES string of the molecule is CN(/C=C\c1cc(B2CC(C)(C)C(C)(C)C2)ccc1C=O)C1CCB(C#N)CC1. The number of aldehydes is 1. The first-order chi connectivity index (χ1) is 13.7. The molecule has 0 aliphatic carbocycles. The van der Waals surface area contributed by atoms with Crippen LogP contribution in [0.1, 0.15) is 56.5 Å². The summed E-state index contributed by atoms with van der Waals surface area (Å²) in [5.41, 5.74) is 3.76. The second kappa shape index (κ2) is 8.42. The summed E-state index contributed by atoms with van der Waals surface area (Å²) in [6.45, 7) is 10.3. The van der Waals surface area contributed by atoms with E-state index in [0.717, 1.165) is 42.9 Å². The van der Waals surface area contributed by atoms with Crippen molar-refractivity contribution in [2.75, 3.05) is 7.05 Å². The Kier molecular flexibility index (Phi) is 6.32. The Morgan fingerprint density at radius 3 is 2.28 bits per heavy atom. The molecule has 2 aliphatic rings. The number of hydrogen-bond acceptors (Lipinski definition) is 3. The largest absolute Gasteiger partial charge is 0.377 e. The van der Waals surface area contributed by atoms with Gasteiger partial charge < -0.3 is 4.90 Å². The highest BCUT2D eigenvalue weighted by atomic mass is 16.1. The Balaban J connectivity index is 1.75. The lowest BCUT2D eigenvalue weighted by Crippen LogP contribution is -2.33. The molecule has 0 aromatic heterocycles. The number of carbonyl (C=O) groups excluding carboxylic acids is 1. The minimum atomic E-state index is 0.224. The second-order valence-corrected chi connectivity index (χ2v) is 10.5. The van der Waals surface area contributed by atoms with Gasteiger partial charge >= 0.3 is 0 Å². The maximum absolute atomic E-state index is 11.6. The third-order valence-electron chi connectivity index (χ3n) is 8.00. The van der Waals surface area contributed by atoms with E-state index in [-0.39, 0.29) is 6.71 Å². The first kappa shape index (κ1) is 21.8. The number of nitriles is 1. The van der Waals surface area contributed by atoms with Crippen LogP contribution in [-0.2, 0) is 0 Å². The summed E-state index contributed by atoms with van der Waals surface area (Å²) in [4.78, 5) is 13.9. The molecule has 2 heterocycles. The van der Waals surface area contributed by atoms with Gasteiger partial charge in [-0.15, -0.1) is 0 Å². The summed E-state index contributed by atoms with van der Waals surface area (Å²) in [6, 6.07) is 6.84. The zero-order valence-corrected chi connectivity index (χ0v) is 18.7. The average molecular weight is 388 g/mol. The van der Waals surface area contributed by atoms with Gasteiger partial charge in [-0.2, -0.15) is 0 Å². The highest BCUT2D eigenvalue weighted by Gasteiger charge is 2.48. The number of carbonyl (C=O) groups is 1. The third kappa shape index (κ3) is 4.63. The van der Waals surface area contributed by atoms with Crippen molar-refractivity contribution in [2.45, 2.75) is 71.9 Å². The molecule has 0 radical (unpaired) electrons. The van der Waals surface area contributed by atoms with E-state index in [1.54, 1.807) is 0 Å². The molecular formula is C24H34B2N2O. The lowest BCUT2D eigenvalue weighted by atomic mass is 9.42. The standard InChI is InChI=1S/C24H34B2N2O/c1-23(2)16-26(17-24(23,3)4)21-7-6-20(15-29)19(14-21)10-13-28(5)22-8-11-25(18-27)12-9-22/h6-7,10,13-15,22H,8-9,11-12,16-17H2,1-5H3/b13-10-. The monoisotopic (exact) mass is 388 g/mol. The molecule has 2 saturated heterocycles. The van der Waals surface area contributed by atoms with Gasteiger partial charge in [-0.25, -0.2) is 5.26 Å². The van der Waals surface area contributed by atoms with E-state index < -0.39 is 0 Å². The van der Waals surface area contributed by atoms with Crippen LogP contribution >= 0.6 is 0 Å². The van der Waals surface area contributed by atoms with Gasteiger partial charge in [-0.1, -0.05) is 76.6 Å². The number of nitrogens with zero attached hydrogens (tertiary/aromatic N) is 2. The van der Waals surface area contributed by atoms with Crippen molar-refractivity contribution in [3.05, 3.63) is 35.5 Å². The molecule has 3 nitrogen and oxygen atoms in total. The topological polar surface area (TPSA) is 44.1 Å². The zero-order valence-electron chi connectivity index (χ0n) is 18.7. The van der Waals surface area contributed by atoms with Crippen molar-refractivity contribution in [1.82, 2.24) is 4.90 Å². The van der Waals surface area contributed by atoms with Gasteiger partial charge in [-0.05, 0) is 41.5 Å². The zero-order chi connectivity index (χ0) is 21.2. The molecule has 29 heavy (non-hydrogen) atoms. The van der Waals surface area contributed by atoms with Crippen LogP contribution < -0.4 is 5.46 Å². The van der Waals surface area contributed by atoms with Crippen molar-refractivity contribution < 1.29 is 4.79 Å². The molecule has 0 spiro atoms. The van der Waals surface area contributed by atoms with Crippen LogP contribution in [0.4, 0.5) is 0 Å². The molecule has 0 atom stereocenters. The molecule has 0 bridgehead atoms. The molecule has 5 heteroatoms. The van der Waals surface area contributed by atoms with E-state index in [2.05, 4.69) is 70.0 Å². The van der Waals surface area contributed by atoms with Crippen molar-refractivity contribution in [2.24, 2.45) is 10.8 Å². The molecule has 3 rings (SSSR count). The molecule has 0 N–H and O–H groups in total. The van der Waals surface area contributed by atoms with Gasteiger partial charge in [0.1, 0.15) is 0 Å². The van der Waals surface area contributed by atoms with Crippen LogP contribution in [0.15, 0.2) is 24.4 Å². The Morgan fingerprint density at radius 2 is 1.72 bits per heavy atom. The summed E-state index contributed by atoms with van der Waals surface area (Å²) < 4.78 is 0. The highest BCUT2D eigenvalue weighted by molar-refractivity contribution is 6.74. The predicted octanol–water partition coefficient (Wildman–Crippen LogP) is 4.89. The van der Waals surface area contributed by atoms with Crippen LogP contribution in [0, 0.1) is 22.1 Å². The van der Waals surface area contributed by atoms with Crippen LogP contribution in [0.25, 0.3) is 6.08 Å². The quantitative estimate of drug-likeness (QED) is 0.533. The van der Waals surface area contributed by atoms with Gasteiger partial charge in [0.25, 0.3) is 6.71 Å². The Morgan fingerprint density at radius 1 is 1.10 bits per heavy atom. The molecule has 152 valence electrons. The Hall–Kier alpha value is -1.95. The van der Waals surface area contributed by atoms with E-state index in [1.807, 2.05) is 6.07 Å². The number of hydrogen-bond donors (Lipinski definition) is 0. The maximum Gasteiger partial charge on any atom is 0.268 e. The molecule has 2 fully saturated rings. The second-order valence-electron chi connectivity index (χ2n) is 10.5. The van der Waals surface area contributed by atoms with Gasteiger partial charge in [0.05, 0.1) is 0 Å². The Bertz CT molecular complexity index is 801. The van der Waals surface area contributed by atoms with E-state index in [1.165, 1.54) is 18.1 Å². The first-order valence-electron chi connectivity index (χ1n) is 11.1. The number of benzene rings is 1. The number of rotatable bonds is 5. The van der Waals surface area contributed by atoms with Crippen LogP contribution in [-0.4, -0.2) is 37.7 Å². The van der Waals surface area contributed by atoms with E-state index in [0.29, 0.717) is 23.6 Å². The molecule has 2 aliphatic heterocycles. The lowest BCUT2D eigenvalue weighted by molar-refractivity contribution is 0.112. The molecular weight excluding hydrogens is 354 g/mol. The third-order valence-corrected chi connectivity index (χ3v) is 8.00. The summed E-state index contributed by atoms with van der Waals surface area (Å²) in [5, 5.41) is 9.10. The van der Waals surface area contributed by atoms with E-state index in [9.17, 15) is 4.79 Å². The average Bonchev–Trinajstić information content (AvgIpc) is 2.93. The predicted molar refractivity (Wildman–Crippen MR) is 125 cm³/mol.